The summed E-state index contributed by atoms with van der Waals surface area (Å²) in [5, 5.41) is 23.0. The van der Waals surface area contributed by atoms with Crippen LogP contribution < -0.4 is 15.5 Å². The fourth-order valence-corrected chi connectivity index (χ4v) is 2.26. The summed E-state index contributed by atoms with van der Waals surface area (Å²) in [7, 11) is 3.98. The molecule has 7 nitrogen and oxygen atoms in total. The summed E-state index contributed by atoms with van der Waals surface area (Å²) in [4.78, 5) is 2.02. The molecule has 0 bridgehead atoms. The number of hydrogen-bond donors (Lipinski definition) is 2. The molecule has 0 saturated heterocycles. The largest absolute Gasteiger partial charge is 2.00 e. The quantitative estimate of drug-likeness (QED) is 0.216. The summed E-state index contributed by atoms with van der Waals surface area (Å²) in [6, 6.07) is 7.92. The van der Waals surface area contributed by atoms with E-state index in [0.29, 0.717) is 34.8 Å². The van der Waals surface area contributed by atoms with Gasteiger partial charge in [0.25, 0.3) is 0 Å². The van der Waals surface area contributed by atoms with Crippen LogP contribution in [0.15, 0.2) is 44.7 Å². The summed E-state index contributed by atoms with van der Waals surface area (Å²) < 4.78 is 0. The zero-order chi connectivity index (χ0) is 19.5. The zero-order valence-electron chi connectivity index (χ0n) is 16.1. The second kappa shape index (κ2) is 13.4. The Labute approximate surface area is 183 Å². The first-order valence-electron chi connectivity index (χ1n) is 8.26. The van der Waals surface area contributed by atoms with Gasteiger partial charge in [0.2, 0.25) is 0 Å². The van der Waals surface area contributed by atoms with Gasteiger partial charge in [0.1, 0.15) is 5.71 Å². The maximum absolute atomic E-state index is 5.12. The molecule has 0 aliphatic heterocycles. The summed E-state index contributed by atoms with van der Waals surface area (Å²) >= 11 is 10.2. The van der Waals surface area contributed by atoms with Crippen LogP contribution in [0.1, 0.15) is 26.3 Å². The molecule has 0 fully saturated rings. The SMILES string of the molecule is CCN/C([S-])=N/N=C(C)/C(=N/N=C(\[S-])NCC)c1ccc(N(C)C)cc1.[Cu+2]. The van der Waals surface area contributed by atoms with Gasteiger partial charge in [-0.25, -0.2) is 0 Å². The van der Waals surface area contributed by atoms with Gasteiger partial charge in [-0.2, -0.15) is 15.3 Å². The maximum Gasteiger partial charge on any atom is 2.00 e. The third-order valence-electron chi connectivity index (χ3n) is 3.19. The fraction of sp³-hybridized carbons (Fsp3) is 0.412. The van der Waals surface area contributed by atoms with E-state index in [0.717, 1.165) is 11.3 Å². The molecule has 0 atom stereocenters. The Morgan fingerprint density at radius 3 is 1.81 bits per heavy atom. The molecule has 0 heterocycles. The summed E-state index contributed by atoms with van der Waals surface area (Å²) in [6.45, 7) is 7.07. The van der Waals surface area contributed by atoms with Gasteiger partial charge in [0.15, 0.2) is 0 Å². The predicted molar refractivity (Wildman–Crippen MR) is 117 cm³/mol. The van der Waals surface area contributed by atoms with Gasteiger partial charge in [-0.3, -0.25) is 0 Å². The number of nitrogens with zero attached hydrogens (tertiary/aromatic N) is 5. The van der Waals surface area contributed by atoms with Crippen molar-refractivity contribution in [2.75, 3.05) is 32.1 Å². The molecule has 27 heavy (non-hydrogen) atoms. The average Bonchev–Trinajstić information content (AvgIpc) is 2.61. The second-order valence-electron chi connectivity index (χ2n) is 5.45. The van der Waals surface area contributed by atoms with Crippen LogP contribution in [0.3, 0.4) is 0 Å². The molecule has 0 unspecified atom stereocenters. The molecule has 1 rings (SSSR count). The second-order valence-corrected chi connectivity index (χ2v) is 6.22. The van der Waals surface area contributed by atoms with E-state index < -0.39 is 0 Å². The first kappa shape index (κ1) is 25.3. The van der Waals surface area contributed by atoms with Crippen LogP contribution in [0.4, 0.5) is 5.69 Å². The Morgan fingerprint density at radius 2 is 1.37 bits per heavy atom. The van der Waals surface area contributed by atoms with Crippen LogP contribution >= 0.6 is 0 Å². The van der Waals surface area contributed by atoms with E-state index in [1.807, 2.05) is 64.0 Å². The number of benzene rings is 1. The van der Waals surface area contributed by atoms with Crippen LogP contribution in [0.5, 0.6) is 0 Å². The minimum atomic E-state index is 0. The number of nitrogens with one attached hydrogen (secondary N) is 2. The summed E-state index contributed by atoms with van der Waals surface area (Å²) in [5.74, 6) is 0. The molecule has 1 aromatic rings. The predicted octanol–water partition coefficient (Wildman–Crippen LogP) is 1.85. The van der Waals surface area contributed by atoms with E-state index in [-0.39, 0.29) is 17.1 Å². The minimum Gasteiger partial charge on any atom is -0.741 e. The molecule has 10 heteroatoms. The molecule has 151 valence electrons. The number of amidine groups is 2. The molecule has 0 amide bonds. The van der Waals surface area contributed by atoms with Crippen LogP contribution in [0, 0.1) is 0 Å². The topological polar surface area (TPSA) is 76.7 Å². The first-order valence-corrected chi connectivity index (χ1v) is 9.08. The molecular formula is C17H25CuN7S2. The van der Waals surface area contributed by atoms with Crippen molar-refractivity contribution in [2.24, 2.45) is 20.4 Å². The van der Waals surface area contributed by atoms with Crippen molar-refractivity contribution in [1.29, 1.82) is 0 Å². The summed E-state index contributed by atoms with van der Waals surface area (Å²) in [5.41, 5.74) is 3.12. The molecule has 0 saturated carbocycles. The first-order chi connectivity index (χ1) is 12.4. The van der Waals surface area contributed by atoms with Crippen LogP contribution in [0.2, 0.25) is 0 Å². The van der Waals surface area contributed by atoms with Crippen molar-refractivity contribution in [3.05, 3.63) is 29.8 Å². The number of rotatable bonds is 7. The molecule has 1 radical (unpaired) electrons. The monoisotopic (exact) mass is 454 g/mol. The molecular weight excluding hydrogens is 430 g/mol. The maximum atomic E-state index is 5.12. The fourth-order valence-electron chi connectivity index (χ4n) is 1.89. The smallest absolute Gasteiger partial charge is 0.741 e. The van der Waals surface area contributed by atoms with Gasteiger partial charge in [-0.15, -0.1) is 5.10 Å². The van der Waals surface area contributed by atoms with Gasteiger partial charge in [-0.05, 0) is 43.2 Å². The van der Waals surface area contributed by atoms with Crippen molar-refractivity contribution < 1.29 is 17.1 Å². The Hall–Kier alpha value is -1.74. The summed E-state index contributed by atoms with van der Waals surface area (Å²) in [6.07, 6.45) is 0. The zero-order valence-corrected chi connectivity index (χ0v) is 18.7. The molecule has 0 spiro atoms. The van der Waals surface area contributed by atoms with Gasteiger partial charge in [-0.1, -0.05) is 12.1 Å². The minimum absolute atomic E-state index is 0. The Balaban J connectivity index is 0.00000676. The third-order valence-corrected chi connectivity index (χ3v) is 3.64. The van der Waals surface area contributed by atoms with Crippen molar-refractivity contribution in [3.63, 3.8) is 0 Å². The van der Waals surface area contributed by atoms with E-state index in [1.54, 1.807) is 0 Å². The Morgan fingerprint density at radius 1 is 0.889 bits per heavy atom. The average molecular weight is 455 g/mol. The Kier molecular flexibility index (Phi) is 12.6. The van der Waals surface area contributed by atoms with E-state index in [4.69, 9.17) is 25.3 Å². The molecule has 0 aliphatic carbocycles. The standard InChI is InChI=1S/C17H27N7S2.Cu/c1-6-18-16(25)22-20-12(3)15(21-23-17(26)19-7-2)13-8-10-14(11-9-13)24(4)5;/h8-11H,6-7H2,1-5H3,(H2,18,22,25)(H2,19,23,26);/q;+2/p-2/b20-12+,21-15-;. The van der Waals surface area contributed by atoms with Crippen LogP contribution in [-0.2, 0) is 42.3 Å². The van der Waals surface area contributed by atoms with Crippen molar-refractivity contribution >= 4 is 52.7 Å². The molecule has 1 aromatic carbocycles. The van der Waals surface area contributed by atoms with Crippen molar-refractivity contribution in [2.45, 2.75) is 20.8 Å². The normalized spacial score (nSPS) is 13.1. The molecule has 2 N–H and O–H groups in total. The van der Waals surface area contributed by atoms with Gasteiger partial charge in [0.05, 0.1) is 5.71 Å². The van der Waals surface area contributed by atoms with Gasteiger partial charge in [0, 0.05) is 38.4 Å². The van der Waals surface area contributed by atoms with E-state index >= 15 is 0 Å². The van der Waals surface area contributed by atoms with Gasteiger partial charge < -0.3 is 40.8 Å². The van der Waals surface area contributed by atoms with E-state index in [1.165, 1.54) is 0 Å². The van der Waals surface area contributed by atoms with Crippen LogP contribution in [-0.4, -0.2) is 48.9 Å². The van der Waals surface area contributed by atoms with Crippen molar-refractivity contribution in [3.8, 4) is 0 Å². The Bertz CT molecular complexity index is 698. The van der Waals surface area contributed by atoms with Crippen LogP contribution in [0.25, 0.3) is 0 Å². The number of anilines is 1. The van der Waals surface area contributed by atoms with Gasteiger partial charge >= 0.3 is 17.1 Å². The van der Waals surface area contributed by atoms with Crippen molar-refractivity contribution in [1.82, 2.24) is 10.6 Å². The molecule has 0 aliphatic rings. The third kappa shape index (κ3) is 9.14. The van der Waals surface area contributed by atoms with E-state index in [2.05, 4.69) is 31.0 Å². The van der Waals surface area contributed by atoms with E-state index in [9.17, 15) is 0 Å². The molecule has 0 aromatic heterocycles. The number of hydrogen-bond acceptors (Lipinski definition) is 7.